The second-order valence-electron chi connectivity index (χ2n) is 10.5. The maximum atomic E-state index is 13.8. The van der Waals surface area contributed by atoms with Gasteiger partial charge in [0.25, 0.3) is 0 Å². The van der Waals surface area contributed by atoms with E-state index in [-0.39, 0.29) is 38.1 Å². The highest BCUT2D eigenvalue weighted by atomic mass is 19.2. The highest BCUT2D eigenvalue weighted by molar-refractivity contribution is 5.81. The van der Waals surface area contributed by atoms with E-state index in [2.05, 4.69) is 18.3 Å². The molecule has 2 fully saturated rings. The van der Waals surface area contributed by atoms with Gasteiger partial charge in [0.1, 0.15) is 5.60 Å². The van der Waals surface area contributed by atoms with Crippen LogP contribution in [-0.2, 0) is 16.1 Å². The number of rotatable bonds is 6. The van der Waals surface area contributed by atoms with Crippen LogP contribution in [0.2, 0.25) is 0 Å². The Bertz CT molecular complexity index is 943. The summed E-state index contributed by atoms with van der Waals surface area (Å²) in [4.78, 5) is 28.5. The predicted octanol–water partition coefficient (Wildman–Crippen LogP) is 5.00. The average Bonchev–Trinajstić information content (AvgIpc) is 2.80. The summed E-state index contributed by atoms with van der Waals surface area (Å²) >= 11 is 0. The Kier molecular flexibility index (Phi) is 10.2. The number of benzene rings is 1. The number of nitriles is 1. The van der Waals surface area contributed by atoms with E-state index in [1.807, 2.05) is 13.8 Å². The number of halogens is 2. The van der Waals surface area contributed by atoms with Crippen molar-refractivity contribution in [2.75, 3.05) is 19.6 Å². The first kappa shape index (κ1) is 29.5. The first-order valence-corrected chi connectivity index (χ1v) is 12.8. The van der Waals surface area contributed by atoms with Crippen molar-refractivity contribution in [2.24, 2.45) is 5.92 Å². The Labute approximate surface area is 213 Å². The van der Waals surface area contributed by atoms with E-state index in [9.17, 15) is 23.6 Å². The first-order valence-electron chi connectivity index (χ1n) is 12.8. The standard InChI is InChI=1S/C25H34F2N4O3.C2H6/c1-17-5-8-19(9-6-17)29-12-22(32)31(13-18-7-10-20(26)21(27)11-18)25(14-28)15-30(16-25)23(33)34-24(2,3)4;1-2/h7,10-11,17,19,29H,5-6,8-9,12-13,15-16H2,1-4H3;1-2H3. The van der Waals surface area contributed by atoms with Crippen LogP contribution in [0.5, 0.6) is 0 Å². The maximum Gasteiger partial charge on any atom is 0.410 e. The van der Waals surface area contributed by atoms with Crippen molar-refractivity contribution >= 4 is 12.0 Å². The van der Waals surface area contributed by atoms with Crippen LogP contribution in [0.15, 0.2) is 18.2 Å². The molecule has 1 heterocycles. The minimum atomic E-state index is -1.28. The van der Waals surface area contributed by atoms with Gasteiger partial charge >= 0.3 is 6.09 Å². The molecule has 2 aliphatic rings. The molecule has 1 saturated heterocycles. The van der Waals surface area contributed by atoms with Crippen molar-refractivity contribution < 1.29 is 23.1 Å². The molecule has 9 heteroatoms. The van der Waals surface area contributed by atoms with E-state index < -0.39 is 28.9 Å². The summed E-state index contributed by atoms with van der Waals surface area (Å²) in [6.07, 6.45) is 3.59. The Hall–Kier alpha value is -2.73. The van der Waals surface area contributed by atoms with E-state index in [1.54, 1.807) is 20.8 Å². The van der Waals surface area contributed by atoms with Crippen molar-refractivity contribution in [3.8, 4) is 6.07 Å². The number of hydrogen-bond acceptors (Lipinski definition) is 5. The average molecular weight is 507 g/mol. The zero-order valence-corrected chi connectivity index (χ0v) is 22.4. The molecule has 1 aromatic carbocycles. The molecule has 3 rings (SSSR count). The van der Waals surface area contributed by atoms with Crippen molar-refractivity contribution in [1.29, 1.82) is 5.26 Å². The molecule has 0 spiro atoms. The van der Waals surface area contributed by atoms with E-state index in [4.69, 9.17) is 4.74 Å². The molecule has 0 aromatic heterocycles. The highest BCUT2D eigenvalue weighted by Gasteiger charge is 2.53. The van der Waals surface area contributed by atoms with Gasteiger partial charge in [0.15, 0.2) is 17.2 Å². The molecular weight excluding hydrogens is 466 g/mol. The van der Waals surface area contributed by atoms with Gasteiger partial charge in [-0.15, -0.1) is 0 Å². The second-order valence-corrected chi connectivity index (χ2v) is 10.5. The van der Waals surface area contributed by atoms with Crippen molar-refractivity contribution in [1.82, 2.24) is 15.1 Å². The third-order valence-corrected chi connectivity index (χ3v) is 6.46. The Morgan fingerprint density at radius 2 is 1.78 bits per heavy atom. The summed E-state index contributed by atoms with van der Waals surface area (Å²) in [6, 6.07) is 5.84. The number of likely N-dealkylation sites (tertiary alicyclic amines) is 1. The Balaban J connectivity index is 0.00000222. The van der Waals surface area contributed by atoms with Crippen LogP contribution in [0, 0.1) is 28.9 Å². The number of carbonyl (C=O) groups excluding carboxylic acids is 2. The number of nitrogens with one attached hydrogen (secondary N) is 1. The van der Waals surface area contributed by atoms with Gasteiger partial charge in [0.2, 0.25) is 5.91 Å². The zero-order valence-electron chi connectivity index (χ0n) is 22.4. The van der Waals surface area contributed by atoms with Gasteiger partial charge in [-0.2, -0.15) is 5.26 Å². The van der Waals surface area contributed by atoms with Crippen molar-refractivity contribution in [3.63, 3.8) is 0 Å². The van der Waals surface area contributed by atoms with Crippen LogP contribution >= 0.6 is 0 Å². The number of ether oxygens (including phenoxy) is 1. The van der Waals surface area contributed by atoms with Gasteiger partial charge in [-0.3, -0.25) is 4.79 Å². The quantitative estimate of drug-likeness (QED) is 0.587. The van der Waals surface area contributed by atoms with Crippen LogP contribution < -0.4 is 5.32 Å². The topological polar surface area (TPSA) is 85.7 Å². The fourth-order valence-electron chi connectivity index (χ4n) is 4.43. The minimum Gasteiger partial charge on any atom is -0.444 e. The molecule has 0 radical (unpaired) electrons. The summed E-state index contributed by atoms with van der Waals surface area (Å²) in [5.74, 6) is -1.65. The number of amides is 2. The van der Waals surface area contributed by atoms with Gasteiger partial charge in [0, 0.05) is 12.6 Å². The molecule has 7 nitrogen and oxygen atoms in total. The van der Waals surface area contributed by atoms with Crippen LogP contribution in [0.3, 0.4) is 0 Å². The van der Waals surface area contributed by atoms with Gasteiger partial charge in [-0.25, -0.2) is 13.6 Å². The van der Waals surface area contributed by atoms with Gasteiger partial charge in [-0.05, 0) is 70.1 Å². The molecule has 200 valence electrons. The zero-order chi connectivity index (χ0) is 27.1. The first-order chi connectivity index (χ1) is 16.9. The lowest BCUT2D eigenvalue weighted by Gasteiger charge is -2.51. The van der Waals surface area contributed by atoms with Gasteiger partial charge in [-0.1, -0.05) is 26.8 Å². The molecule has 0 atom stereocenters. The lowest BCUT2D eigenvalue weighted by molar-refractivity contribution is -0.142. The molecular formula is C27H40F2N4O3. The molecule has 36 heavy (non-hydrogen) atoms. The smallest absolute Gasteiger partial charge is 0.410 e. The van der Waals surface area contributed by atoms with Gasteiger partial charge < -0.3 is 19.9 Å². The van der Waals surface area contributed by atoms with E-state index >= 15 is 0 Å². The van der Waals surface area contributed by atoms with Crippen LogP contribution in [0.1, 0.15) is 72.8 Å². The van der Waals surface area contributed by atoms with Crippen LogP contribution in [0.25, 0.3) is 0 Å². The van der Waals surface area contributed by atoms with E-state index in [1.165, 1.54) is 15.9 Å². The fourth-order valence-corrected chi connectivity index (χ4v) is 4.43. The normalized spacial score (nSPS) is 20.8. The number of carbonyl (C=O) groups is 2. The molecule has 0 bridgehead atoms. The van der Waals surface area contributed by atoms with E-state index in [0.717, 1.165) is 37.8 Å². The number of hydrogen-bond donors (Lipinski definition) is 1. The summed E-state index contributed by atoms with van der Waals surface area (Å²) < 4.78 is 32.6. The molecule has 1 aliphatic carbocycles. The SMILES string of the molecule is CC.CC1CCC(NCC(=O)N(Cc2ccc(F)c(F)c2)C2(C#N)CN(C(=O)OC(C)(C)C)C2)CC1. The van der Waals surface area contributed by atoms with Gasteiger partial charge in [0.05, 0.1) is 25.7 Å². The largest absolute Gasteiger partial charge is 0.444 e. The van der Waals surface area contributed by atoms with Crippen LogP contribution in [-0.4, -0.2) is 58.6 Å². The van der Waals surface area contributed by atoms with Crippen molar-refractivity contribution in [3.05, 3.63) is 35.4 Å². The third-order valence-electron chi connectivity index (χ3n) is 6.46. The van der Waals surface area contributed by atoms with Crippen LogP contribution in [0.4, 0.5) is 13.6 Å². The minimum absolute atomic E-state index is 0.0191. The molecule has 0 unspecified atom stereocenters. The maximum absolute atomic E-state index is 13.8. The Morgan fingerprint density at radius 3 is 2.31 bits per heavy atom. The molecule has 1 aliphatic heterocycles. The lowest BCUT2D eigenvalue weighted by atomic mass is 9.87. The highest BCUT2D eigenvalue weighted by Crippen LogP contribution is 2.31. The fraction of sp³-hybridized carbons (Fsp3) is 0.667. The summed E-state index contributed by atoms with van der Waals surface area (Å²) in [7, 11) is 0. The number of nitrogens with zero attached hydrogens (tertiary/aromatic N) is 3. The molecule has 2 amide bonds. The summed E-state index contributed by atoms with van der Waals surface area (Å²) in [6.45, 7) is 11.4. The van der Waals surface area contributed by atoms with E-state index in [0.29, 0.717) is 11.5 Å². The third kappa shape index (κ3) is 7.63. The molecule has 1 N–H and O–H groups in total. The second kappa shape index (κ2) is 12.5. The summed E-state index contributed by atoms with van der Waals surface area (Å²) in [5.41, 5.74) is -1.60. The summed E-state index contributed by atoms with van der Waals surface area (Å²) in [5, 5.41) is 13.3. The predicted molar refractivity (Wildman–Crippen MR) is 134 cm³/mol. The molecule has 1 aromatic rings. The Morgan fingerprint density at radius 1 is 1.17 bits per heavy atom. The monoisotopic (exact) mass is 506 g/mol. The lowest BCUT2D eigenvalue weighted by Crippen LogP contribution is -2.72. The molecule has 1 saturated carbocycles. The van der Waals surface area contributed by atoms with Crippen molar-refractivity contribution in [2.45, 2.75) is 91.0 Å².